The number of nitrogens with zero attached hydrogens (tertiary/aromatic N) is 6. The van der Waals surface area contributed by atoms with Crippen molar-refractivity contribution in [1.82, 2.24) is 29.4 Å². The molecule has 154 valence electrons. The van der Waals surface area contributed by atoms with E-state index in [1.54, 1.807) is 17.0 Å². The van der Waals surface area contributed by atoms with Gasteiger partial charge in [-0.3, -0.25) is 0 Å². The van der Waals surface area contributed by atoms with Gasteiger partial charge in [0.25, 0.3) is 6.43 Å². The highest BCUT2D eigenvalue weighted by Gasteiger charge is 2.36. The SMILES string of the molecule is FC(F)[C@H]1C[C@H](c2ccccc2)Nc2c(-c3nc4c5ccccc5ncn4n3)cnn21. The number of halogens is 2. The lowest BCUT2D eigenvalue weighted by molar-refractivity contribution is 0.0659. The van der Waals surface area contributed by atoms with E-state index < -0.39 is 12.5 Å². The van der Waals surface area contributed by atoms with Crippen molar-refractivity contribution in [3.8, 4) is 11.4 Å². The van der Waals surface area contributed by atoms with Gasteiger partial charge in [-0.2, -0.15) is 5.10 Å². The minimum Gasteiger partial charge on any atom is -0.363 e. The minimum atomic E-state index is -2.54. The van der Waals surface area contributed by atoms with Crippen molar-refractivity contribution < 1.29 is 8.78 Å². The van der Waals surface area contributed by atoms with Crippen LogP contribution in [0, 0.1) is 0 Å². The topological polar surface area (TPSA) is 72.9 Å². The van der Waals surface area contributed by atoms with E-state index in [1.165, 1.54) is 4.68 Å². The van der Waals surface area contributed by atoms with Crippen LogP contribution in [0.1, 0.15) is 24.1 Å². The summed E-state index contributed by atoms with van der Waals surface area (Å²) in [6.45, 7) is 0. The molecule has 31 heavy (non-hydrogen) atoms. The first kappa shape index (κ1) is 17.9. The van der Waals surface area contributed by atoms with Crippen LogP contribution in [0.3, 0.4) is 0 Å². The zero-order valence-corrected chi connectivity index (χ0v) is 16.2. The van der Waals surface area contributed by atoms with Gasteiger partial charge in [-0.15, -0.1) is 5.10 Å². The number of nitrogens with one attached hydrogen (secondary N) is 1. The van der Waals surface area contributed by atoms with Crippen molar-refractivity contribution in [3.05, 3.63) is 72.7 Å². The Kier molecular flexibility index (Phi) is 3.95. The van der Waals surface area contributed by atoms with Crippen LogP contribution in [0.4, 0.5) is 14.6 Å². The first-order valence-corrected chi connectivity index (χ1v) is 9.96. The second kappa shape index (κ2) is 6.83. The van der Waals surface area contributed by atoms with Gasteiger partial charge < -0.3 is 5.32 Å². The Labute approximate surface area is 175 Å². The van der Waals surface area contributed by atoms with E-state index in [-0.39, 0.29) is 12.5 Å². The number of fused-ring (bicyclic) bond motifs is 4. The molecule has 4 heterocycles. The summed E-state index contributed by atoms with van der Waals surface area (Å²) in [6, 6.07) is 16.0. The second-order valence-corrected chi connectivity index (χ2v) is 7.56. The molecule has 7 nitrogen and oxygen atoms in total. The molecule has 0 fully saturated rings. The number of hydrogen-bond donors (Lipinski definition) is 1. The molecular weight excluding hydrogens is 400 g/mol. The average Bonchev–Trinajstić information content (AvgIpc) is 3.43. The van der Waals surface area contributed by atoms with Crippen molar-refractivity contribution in [3.63, 3.8) is 0 Å². The van der Waals surface area contributed by atoms with Crippen molar-refractivity contribution in [2.24, 2.45) is 0 Å². The van der Waals surface area contributed by atoms with Crippen LogP contribution in [0.5, 0.6) is 0 Å². The fourth-order valence-corrected chi connectivity index (χ4v) is 4.19. The van der Waals surface area contributed by atoms with Crippen LogP contribution in [0.2, 0.25) is 0 Å². The molecule has 1 N–H and O–H groups in total. The fraction of sp³-hybridized carbons (Fsp3) is 0.182. The standard InChI is InChI=1S/C22H17F2N7/c23-19(24)18-10-17(13-6-2-1-3-7-13)27-22-15(11-26-31(18)22)20-28-21-14-8-4-5-9-16(14)25-12-30(21)29-20/h1-9,11-12,17-19,27H,10H2/t17-,18-/m1/s1. The zero-order valence-electron chi connectivity index (χ0n) is 16.2. The summed E-state index contributed by atoms with van der Waals surface area (Å²) in [7, 11) is 0. The van der Waals surface area contributed by atoms with E-state index in [9.17, 15) is 8.78 Å². The highest BCUT2D eigenvalue weighted by molar-refractivity contribution is 5.91. The number of aromatic nitrogens is 6. The van der Waals surface area contributed by atoms with Crippen LogP contribution in [0.15, 0.2) is 67.1 Å². The summed E-state index contributed by atoms with van der Waals surface area (Å²) < 4.78 is 30.8. The van der Waals surface area contributed by atoms with Gasteiger partial charge in [-0.25, -0.2) is 27.9 Å². The van der Waals surface area contributed by atoms with Gasteiger partial charge in [-0.1, -0.05) is 42.5 Å². The molecule has 0 spiro atoms. The number of para-hydroxylation sites is 1. The zero-order chi connectivity index (χ0) is 20.9. The molecule has 2 atom stereocenters. The molecule has 0 saturated carbocycles. The lowest BCUT2D eigenvalue weighted by Crippen LogP contribution is -2.31. The molecule has 3 aromatic heterocycles. The van der Waals surface area contributed by atoms with E-state index >= 15 is 0 Å². The smallest absolute Gasteiger partial charge is 0.260 e. The second-order valence-electron chi connectivity index (χ2n) is 7.56. The third kappa shape index (κ3) is 2.84. The van der Waals surface area contributed by atoms with Crippen LogP contribution in [0.25, 0.3) is 27.9 Å². The minimum absolute atomic E-state index is 0.239. The Balaban J connectivity index is 1.49. The van der Waals surface area contributed by atoms with Crippen molar-refractivity contribution in [2.75, 3.05) is 5.32 Å². The third-order valence-corrected chi connectivity index (χ3v) is 5.71. The number of benzene rings is 2. The Morgan fingerprint density at radius 1 is 1.03 bits per heavy atom. The lowest BCUT2D eigenvalue weighted by Gasteiger charge is -2.32. The van der Waals surface area contributed by atoms with E-state index in [0.717, 1.165) is 16.5 Å². The van der Waals surface area contributed by atoms with Crippen LogP contribution >= 0.6 is 0 Å². The van der Waals surface area contributed by atoms with Crippen molar-refractivity contribution in [1.29, 1.82) is 0 Å². The number of rotatable bonds is 3. The van der Waals surface area contributed by atoms with E-state index in [4.69, 9.17) is 4.98 Å². The van der Waals surface area contributed by atoms with Crippen LogP contribution < -0.4 is 5.32 Å². The van der Waals surface area contributed by atoms with Crippen LogP contribution in [-0.4, -0.2) is 35.8 Å². The maximum atomic E-state index is 13.9. The summed E-state index contributed by atoms with van der Waals surface area (Å²) in [4.78, 5) is 9.09. The van der Waals surface area contributed by atoms with Crippen LogP contribution in [-0.2, 0) is 0 Å². The van der Waals surface area contributed by atoms with E-state index in [2.05, 4.69) is 20.5 Å². The Bertz CT molecular complexity index is 1390. The predicted molar refractivity (Wildman–Crippen MR) is 112 cm³/mol. The summed E-state index contributed by atoms with van der Waals surface area (Å²) in [6.07, 6.45) is 0.854. The van der Waals surface area contributed by atoms with Gasteiger partial charge >= 0.3 is 0 Å². The highest BCUT2D eigenvalue weighted by Crippen LogP contribution is 2.41. The highest BCUT2D eigenvalue weighted by atomic mass is 19.3. The average molecular weight is 417 g/mol. The van der Waals surface area contributed by atoms with Gasteiger partial charge in [0.05, 0.1) is 23.3 Å². The molecule has 0 aliphatic carbocycles. The molecule has 0 saturated heterocycles. The maximum absolute atomic E-state index is 13.9. The molecule has 0 radical (unpaired) electrons. The lowest BCUT2D eigenvalue weighted by atomic mass is 9.97. The summed E-state index contributed by atoms with van der Waals surface area (Å²) in [5.74, 6) is 0.909. The van der Waals surface area contributed by atoms with Gasteiger partial charge in [0, 0.05) is 5.39 Å². The fourth-order valence-electron chi connectivity index (χ4n) is 4.19. The van der Waals surface area contributed by atoms with E-state index in [0.29, 0.717) is 22.9 Å². The molecule has 0 unspecified atom stereocenters. The normalized spacial score (nSPS) is 18.4. The largest absolute Gasteiger partial charge is 0.363 e. The number of hydrogen-bond acceptors (Lipinski definition) is 5. The molecule has 2 aromatic carbocycles. The first-order chi connectivity index (χ1) is 15.2. The van der Waals surface area contributed by atoms with Crippen molar-refractivity contribution >= 4 is 22.4 Å². The van der Waals surface area contributed by atoms with Gasteiger partial charge in [0.2, 0.25) is 0 Å². The van der Waals surface area contributed by atoms with Crippen molar-refractivity contribution in [2.45, 2.75) is 24.9 Å². The summed E-state index contributed by atoms with van der Waals surface area (Å²) in [5.41, 5.74) is 3.00. The molecule has 9 heteroatoms. The molecule has 1 aliphatic heterocycles. The first-order valence-electron chi connectivity index (χ1n) is 9.96. The predicted octanol–water partition coefficient (Wildman–Crippen LogP) is 4.50. The summed E-state index contributed by atoms with van der Waals surface area (Å²) >= 11 is 0. The third-order valence-electron chi connectivity index (χ3n) is 5.71. The monoisotopic (exact) mass is 417 g/mol. The number of anilines is 1. The molecule has 0 amide bonds. The van der Waals surface area contributed by atoms with Gasteiger partial charge in [0.15, 0.2) is 11.5 Å². The molecule has 0 bridgehead atoms. The Hall–Kier alpha value is -3.88. The van der Waals surface area contributed by atoms with Gasteiger partial charge in [-0.05, 0) is 24.1 Å². The quantitative estimate of drug-likeness (QED) is 0.468. The molecule has 5 aromatic rings. The Morgan fingerprint density at radius 3 is 2.68 bits per heavy atom. The Morgan fingerprint density at radius 2 is 1.84 bits per heavy atom. The molecule has 6 rings (SSSR count). The molecule has 1 aliphatic rings. The summed E-state index contributed by atoms with van der Waals surface area (Å²) in [5, 5.41) is 13.1. The molecular formula is C22H17F2N7. The van der Waals surface area contributed by atoms with Gasteiger partial charge in [0.1, 0.15) is 18.2 Å². The maximum Gasteiger partial charge on any atom is 0.260 e. The number of alkyl halides is 2. The van der Waals surface area contributed by atoms with E-state index in [1.807, 2.05) is 54.6 Å².